The summed E-state index contributed by atoms with van der Waals surface area (Å²) in [6.45, 7) is 1.50. The lowest BCUT2D eigenvalue weighted by atomic mass is 9.74. The molecule has 1 amide bonds. The number of aliphatic imine (C=N–C) groups is 1. The third-order valence-corrected chi connectivity index (χ3v) is 9.34. The van der Waals surface area contributed by atoms with Gasteiger partial charge in [-0.2, -0.15) is 9.98 Å². The molecule has 1 aliphatic heterocycles. The lowest BCUT2D eigenvalue weighted by Crippen LogP contribution is -2.50. The number of likely N-dealkylation sites (tertiary alicyclic amines) is 1. The molecule has 1 aliphatic carbocycles. The minimum Gasteiger partial charge on any atom is -0.493 e. The number of nitrogens with two attached hydrogens (primary N) is 4. The molecule has 0 unspecified atom stereocenters. The first-order chi connectivity index (χ1) is 20.0. The molecule has 1 aromatic carbocycles. The predicted octanol–water partition coefficient (Wildman–Crippen LogP) is 2.23. The maximum Gasteiger partial charge on any atom is 0.264 e. The van der Waals surface area contributed by atoms with E-state index in [2.05, 4.69) is 15.3 Å². The van der Waals surface area contributed by atoms with Gasteiger partial charge in [-0.1, -0.05) is 41.9 Å². The maximum absolute atomic E-state index is 12.8. The molecule has 0 radical (unpaired) electrons. The Morgan fingerprint density at radius 2 is 1.90 bits per heavy atom. The molecule has 0 bridgehead atoms. The van der Waals surface area contributed by atoms with Crippen molar-refractivity contribution in [3.63, 3.8) is 0 Å². The first-order valence-corrected chi connectivity index (χ1v) is 14.7. The van der Waals surface area contributed by atoms with Crippen LogP contribution in [0.2, 0.25) is 5.02 Å². The molecule has 1 saturated heterocycles. The smallest absolute Gasteiger partial charge is 0.264 e. The summed E-state index contributed by atoms with van der Waals surface area (Å²) in [6, 6.07) is 10.2. The van der Waals surface area contributed by atoms with Crippen molar-refractivity contribution in [1.29, 1.82) is 0 Å². The van der Waals surface area contributed by atoms with Crippen molar-refractivity contribution < 1.29 is 14.7 Å². The van der Waals surface area contributed by atoms with Gasteiger partial charge in [-0.25, -0.2) is 0 Å². The van der Waals surface area contributed by atoms with Crippen LogP contribution in [0.3, 0.4) is 0 Å². The van der Waals surface area contributed by atoms with Crippen molar-refractivity contribution in [2.45, 2.75) is 43.0 Å². The number of aryl methyl sites for hydroxylation is 1. The number of thioether (sulfide) groups is 1. The number of aromatic nitrogens is 1. The third-order valence-electron chi connectivity index (χ3n) is 7.83. The van der Waals surface area contributed by atoms with Crippen molar-refractivity contribution in [2.75, 3.05) is 18.4 Å². The van der Waals surface area contributed by atoms with Crippen LogP contribution in [0.4, 0.5) is 5.69 Å². The van der Waals surface area contributed by atoms with Crippen LogP contribution in [0.1, 0.15) is 32.1 Å². The zero-order chi connectivity index (χ0) is 30.4. The fraction of sp³-hybridized carbons (Fsp3) is 0.357. The average Bonchev–Trinajstić information content (AvgIpc) is 3.31. The summed E-state index contributed by atoms with van der Waals surface area (Å²) in [5, 5.41) is 13.2. The quantitative estimate of drug-likeness (QED) is 0.0395. The summed E-state index contributed by atoms with van der Waals surface area (Å²) in [6.07, 6.45) is 7.24. The molecule has 4 rings (SSSR count). The molecule has 2 heterocycles. The molecule has 12 nitrogen and oxygen atoms in total. The third kappa shape index (κ3) is 6.92. The largest absolute Gasteiger partial charge is 0.493 e. The van der Waals surface area contributed by atoms with Crippen molar-refractivity contribution in [1.82, 2.24) is 9.47 Å². The first-order valence-electron chi connectivity index (χ1n) is 13.5. The highest BCUT2D eigenvalue weighted by molar-refractivity contribution is 8.03. The van der Waals surface area contributed by atoms with E-state index in [1.165, 1.54) is 12.5 Å². The van der Waals surface area contributed by atoms with Crippen molar-refractivity contribution in [3.8, 4) is 0 Å². The van der Waals surface area contributed by atoms with Gasteiger partial charge in [-0.3, -0.25) is 9.59 Å². The van der Waals surface area contributed by atoms with E-state index in [1.807, 2.05) is 4.90 Å². The summed E-state index contributed by atoms with van der Waals surface area (Å²) in [7, 11) is 1.71. The number of halogens is 1. The van der Waals surface area contributed by atoms with Crippen LogP contribution in [-0.2, 0) is 16.6 Å². The number of nitrogens with one attached hydrogen (secondary N) is 1. The van der Waals surface area contributed by atoms with Crippen LogP contribution in [0.15, 0.2) is 79.8 Å². The first kappa shape index (κ1) is 31.0. The average molecular weight is 614 g/mol. The fourth-order valence-corrected chi connectivity index (χ4v) is 6.29. The molecule has 14 heteroatoms. The normalized spacial score (nSPS) is 20.3. The van der Waals surface area contributed by atoms with Gasteiger partial charge in [0.25, 0.3) is 5.91 Å². The molecule has 224 valence electrons. The highest BCUT2D eigenvalue weighted by atomic mass is 35.5. The Morgan fingerprint density at radius 3 is 2.55 bits per heavy atom. The summed E-state index contributed by atoms with van der Waals surface area (Å²) in [5.74, 6) is -1.31. The highest BCUT2D eigenvalue weighted by Crippen LogP contribution is 2.45. The zero-order valence-electron chi connectivity index (χ0n) is 23.3. The summed E-state index contributed by atoms with van der Waals surface area (Å²) in [5.41, 5.74) is 25.2. The van der Waals surface area contributed by atoms with E-state index in [4.69, 9.17) is 34.5 Å². The Morgan fingerprint density at radius 1 is 1.17 bits per heavy atom. The number of carbonyl (C=O) groups excluding carboxylic acids is 2. The number of amides is 1. The van der Waals surface area contributed by atoms with Gasteiger partial charge in [0, 0.05) is 37.3 Å². The Labute approximate surface area is 253 Å². The van der Waals surface area contributed by atoms with Gasteiger partial charge in [0.2, 0.25) is 5.88 Å². The standard InChI is InChI=1S/C28H36ClN9O3S/c1-37-13-3-2-9-21(37)35-26(41)17(16-39)25(40)34-18-6-4-7-19(22(18)29)42-24(32)23(31)36-27(33)38-14-11-28(12-15-38)10-5-8-20(28)30/h2-4,6-7,9,13,16,20,41H,5,8,10-12,14-15,30-32H2,1H3,(H2,33,36)(H,34,40)/b24-23+,26-17-,35-21-/t20-/m1/s1. The highest BCUT2D eigenvalue weighted by Gasteiger charge is 2.43. The lowest BCUT2D eigenvalue weighted by Gasteiger charge is -2.42. The van der Waals surface area contributed by atoms with E-state index < -0.39 is 17.4 Å². The van der Waals surface area contributed by atoms with Gasteiger partial charge < -0.3 is 42.8 Å². The molecular weight excluding hydrogens is 578 g/mol. The number of carbonyl (C=O) groups is 2. The van der Waals surface area contributed by atoms with Gasteiger partial charge in [-0.05, 0) is 55.4 Å². The van der Waals surface area contributed by atoms with Crippen LogP contribution in [0.25, 0.3) is 0 Å². The number of pyridine rings is 1. The number of rotatable bonds is 7. The van der Waals surface area contributed by atoms with Crippen LogP contribution in [-0.4, -0.2) is 51.9 Å². The van der Waals surface area contributed by atoms with Crippen molar-refractivity contribution >= 4 is 47.2 Å². The molecule has 10 N–H and O–H groups in total. The van der Waals surface area contributed by atoms with Crippen LogP contribution < -0.4 is 33.7 Å². The Bertz CT molecular complexity index is 1510. The summed E-state index contributed by atoms with van der Waals surface area (Å²) in [4.78, 5) is 35.3. The second kappa shape index (κ2) is 13.4. The molecule has 2 aliphatic rings. The molecule has 1 spiro atoms. The van der Waals surface area contributed by atoms with E-state index >= 15 is 0 Å². The SMILES string of the molecule is Cn1cccc/c1=N/C(O)=C(\C=O)C(=O)Nc1cccc(S/C(N)=C(N)/N=C(\N)N2CCC3(CCC[C@H]3N)CC2)c1Cl. The molecule has 1 atom stereocenters. The molecule has 2 fully saturated rings. The Balaban J connectivity index is 1.46. The number of aliphatic hydroxyl groups excluding tert-OH is 1. The number of hydrogen-bond acceptors (Lipinski definition) is 9. The molecule has 1 saturated carbocycles. The van der Waals surface area contributed by atoms with Crippen molar-refractivity contribution in [3.05, 3.63) is 75.4 Å². The minimum atomic E-state index is -0.892. The monoisotopic (exact) mass is 613 g/mol. The number of nitrogens with zero attached hydrogens (tertiary/aromatic N) is 4. The number of piperidine rings is 1. The van der Waals surface area contributed by atoms with E-state index in [-0.39, 0.29) is 45.3 Å². The number of benzene rings is 1. The number of aldehydes is 1. The predicted molar refractivity (Wildman–Crippen MR) is 165 cm³/mol. The van der Waals surface area contributed by atoms with Gasteiger partial charge in [0.1, 0.15) is 16.1 Å². The lowest BCUT2D eigenvalue weighted by molar-refractivity contribution is -0.115. The topological polar surface area (TPSA) is 203 Å². The minimum absolute atomic E-state index is 0.0349. The van der Waals surface area contributed by atoms with Crippen molar-refractivity contribution in [2.24, 2.45) is 45.4 Å². The Kier molecular flexibility index (Phi) is 9.86. The molecule has 1 aromatic heterocycles. The van der Waals surface area contributed by atoms with E-state index in [1.54, 1.807) is 48.1 Å². The number of anilines is 1. The van der Waals surface area contributed by atoms with E-state index in [0.29, 0.717) is 10.4 Å². The van der Waals surface area contributed by atoms with Crippen LogP contribution in [0.5, 0.6) is 0 Å². The van der Waals surface area contributed by atoms with Gasteiger partial charge in [0.05, 0.1) is 10.7 Å². The maximum atomic E-state index is 12.8. The summed E-state index contributed by atoms with van der Waals surface area (Å²) < 4.78 is 1.61. The zero-order valence-corrected chi connectivity index (χ0v) is 24.9. The Hall–Kier alpha value is -3.94. The number of hydrogen-bond donors (Lipinski definition) is 6. The molecule has 42 heavy (non-hydrogen) atoms. The van der Waals surface area contributed by atoms with Gasteiger partial charge >= 0.3 is 0 Å². The van der Waals surface area contributed by atoms with Gasteiger partial charge in [-0.15, -0.1) is 0 Å². The molecule has 2 aromatic rings. The van der Waals surface area contributed by atoms with E-state index in [9.17, 15) is 14.7 Å². The second-order valence-electron chi connectivity index (χ2n) is 10.4. The van der Waals surface area contributed by atoms with Gasteiger partial charge in [0.15, 0.2) is 18.1 Å². The van der Waals surface area contributed by atoms with Crippen LogP contribution in [0, 0.1) is 5.41 Å². The van der Waals surface area contributed by atoms with Crippen LogP contribution >= 0.6 is 23.4 Å². The fourth-order valence-electron chi connectivity index (χ4n) is 5.27. The number of guanidine groups is 1. The molecular formula is C28H36ClN9O3S. The second-order valence-corrected chi connectivity index (χ2v) is 11.8. The van der Waals surface area contributed by atoms with E-state index in [0.717, 1.165) is 50.5 Å². The number of aliphatic hydroxyl groups is 1. The summed E-state index contributed by atoms with van der Waals surface area (Å²) >= 11 is 7.60.